The fourth-order valence-corrected chi connectivity index (χ4v) is 3.23. The third kappa shape index (κ3) is 3.89. The van der Waals surface area contributed by atoms with Crippen molar-refractivity contribution >= 4 is 11.8 Å². The fraction of sp³-hybridized carbons (Fsp3) is 0.556. The Kier molecular flexibility index (Phi) is 4.94. The first-order chi connectivity index (χ1) is 11.1. The van der Waals surface area contributed by atoms with E-state index >= 15 is 0 Å². The average Bonchev–Trinajstić information content (AvgIpc) is 2.71. The molecule has 0 unspecified atom stereocenters. The Balaban J connectivity index is 1.54. The summed E-state index contributed by atoms with van der Waals surface area (Å²) in [7, 11) is 0. The number of hydrogen-bond acceptors (Lipinski definition) is 2. The molecule has 1 aliphatic heterocycles. The molecule has 0 bridgehead atoms. The third-order valence-corrected chi connectivity index (χ3v) is 4.86. The molecule has 23 heavy (non-hydrogen) atoms. The summed E-state index contributed by atoms with van der Waals surface area (Å²) in [6, 6.07) is 6.18. The van der Waals surface area contributed by atoms with E-state index in [2.05, 4.69) is 0 Å². The van der Waals surface area contributed by atoms with Gasteiger partial charge in [-0.3, -0.25) is 9.59 Å². The van der Waals surface area contributed by atoms with Crippen molar-refractivity contribution in [3.63, 3.8) is 0 Å². The predicted molar refractivity (Wildman–Crippen MR) is 85.2 cm³/mol. The van der Waals surface area contributed by atoms with E-state index in [4.69, 9.17) is 0 Å². The zero-order chi connectivity index (χ0) is 16.2. The first-order valence-electron chi connectivity index (χ1n) is 8.44. The van der Waals surface area contributed by atoms with E-state index in [1.165, 1.54) is 12.1 Å². The highest BCUT2D eigenvalue weighted by Gasteiger charge is 2.30. The minimum atomic E-state index is -0.316. The van der Waals surface area contributed by atoms with Crippen molar-refractivity contribution in [2.75, 3.05) is 26.2 Å². The molecule has 1 aliphatic carbocycles. The second kappa shape index (κ2) is 7.11. The van der Waals surface area contributed by atoms with Gasteiger partial charge in [0.15, 0.2) is 0 Å². The van der Waals surface area contributed by atoms with Gasteiger partial charge in [0, 0.05) is 32.1 Å². The molecule has 2 amide bonds. The van der Waals surface area contributed by atoms with Crippen LogP contribution in [0, 0.1) is 11.7 Å². The molecule has 1 aromatic rings. The highest BCUT2D eigenvalue weighted by Crippen LogP contribution is 2.28. The number of nitrogens with zero attached hydrogens (tertiary/aromatic N) is 2. The maximum atomic E-state index is 13.2. The van der Waals surface area contributed by atoms with Crippen LogP contribution < -0.4 is 0 Å². The summed E-state index contributed by atoms with van der Waals surface area (Å²) >= 11 is 0. The van der Waals surface area contributed by atoms with Crippen LogP contribution in [0.2, 0.25) is 0 Å². The molecule has 0 aromatic heterocycles. The van der Waals surface area contributed by atoms with Gasteiger partial charge in [0.2, 0.25) is 11.8 Å². The van der Waals surface area contributed by atoms with Crippen molar-refractivity contribution < 1.29 is 14.0 Å². The van der Waals surface area contributed by atoms with Gasteiger partial charge in [0.05, 0.1) is 6.42 Å². The van der Waals surface area contributed by atoms with Crippen LogP contribution in [0.1, 0.15) is 31.2 Å². The van der Waals surface area contributed by atoms with Gasteiger partial charge >= 0.3 is 0 Å². The molecule has 4 nitrogen and oxygen atoms in total. The Morgan fingerprint density at radius 3 is 2.48 bits per heavy atom. The van der Waals surface area contributed by atoms with Crippen LogP contribution in [-0.2, 0) is 16.0 Å². The van der Waals surface area contributed by atoms with E-state index in [9.17, 15) is 14.0 Å². The lowest BCUT2D eigenvalue weighted by Gasteiger charge is -2.31. The van der Waals surface area contributed by atoms with Crippen molar-refractivity contribution in [2.45, 2.75) is 32.1 Å². The maximum absolute atomic E-state index is 13.2. The molecule has 5 heteroatoms. The van der Waals surface area contributed by atoms with E-state index in [-0.39, 0.29) is 30.0 Å². The molecule has 1 saturated heterocycles. The Hall–Kier alpha value is -1.91. The average molecular weight is 318 g/mol. The van der Waals surface area contributed by atoms with E-state index in [0.29, 0.717) is 25.2 Å². The molecule has 1 aromatic carbocycles. The summed E-state index contributed by atoms with van der Waals surface area (Å²) in [5.41, 5.74) is 0.696. The second-order valence-corrected chi connectivity index (χ2v) is 6.49. The zero-order valence-corrected chi connectivity index (χ0v) is 13.3. The highest BCUT2D eigenvalue weighted by atomic mass is 19.1. The van der Waals surface area contributed by atoms with Gasteiger partial charge in [0.1, 0.15) is 5.82 Å². The molecular weight excluding hydrogens is 295 g/mol. The lowest BCUT2D eigenvalue weighted by molar-refractivity contribution is -0.138. The molecular formula is C18H23FN2O2. The van der Waals surface area contributed by atoms with Crippen molar-refractivity contribution in [3.8, 4) is 0 Å². The highest BCUT2D eigenvalue weighted by molar-refractivity contribution is 5.80. The Bertz CT molecular complexity index is 586. The smallest absolute Gasteiger partial charge is 0.227 e. The van der Waals surface area contributed by atoms with Gasteiger partial charge in [-0.1, -0.05) is 18.6 Å². The summed E-state index contributed by atoms with van der Waals surface area (Å²) in [5.74, 6) is 0.164. The number of halogens is 1. The van der Waals surface area contributed by atoms with Crippen molar-refractivity contribution in [2.24, 2.45) is 5.92 Å². The number of carbonyl (C=O) groups excluding carboxylic acids is 2. The van der Waals surface area contributed by atoms with E-state index in [1.807, 2.05) is 4.90 Å². The van der Waals surface area contributed by atoms with Crippen LogP contribution in [0.5, 0.6) is 0 Å². The van der Waals surface area contributed by atoms with Crippen molar-refractivity contribution in [1.29, 1.82) is 0 Å². The molecule has 0 spiro atoms. The van der Waals surface area contributed by atoms with Crippen LogP contribution in [0.15, 0.2) is 24.3 Å². The molecule has 0 radical (unpaired) electrons. The summed E-state index contributed by atoms with van der Waals surface area (Å²) in [5, 5.41) is 0. The van der Waals surface area contributed by atoms with Gasteiger partial charge in [-0.25, -0.2) is 4.39 Å². The van der Waals surface area contributed by atoms with Gasteiger partial charge in [0.25, 0.3) is 0 Å². The van der Waals surface area contributed by atoms with Gasteiger partial charge in [-0.2, -0.15) is 0 Å². The maximum Gasteiger partial charge on any atom is 0.227 e. The summed E-state index contributed by atoms with van der Waals surface area (Å²) < 4.78 is 13.2. The molecule has 0 N–H and O–H groups in total. The van der Waals surface area contributed by atoms with Crippen LogP contribution in [0.4, 0.5) is 4.39 Å². The first kappa shape index (κ1) is 16.0. The first-order valence-corrected chi connectivity index (χ1v) is 8.44. The predicted octanol–water partition coefficient (Wildman–Crippen LogP) is 2.23. The fourth-order valence-electron chi connectivity index (χ4n) is 3.23. The number of rotatable bonds is 3. The monoisotopic (exact) mass is 318 g/mol. The van der Waals surface area contributed by atoms with Gasteiger partial charge in [-0.05, 0) is 37.0 Å². The Morgan fingerprint density at radius 1 is 1.04 bits per heavy atom. The van der Waals surface area contributed by atoms with E-state index in [1.54, 1.807) is 17.0 Å². The quantitative estimate of drug-likeness (QED) is 0.857. The Morgan fingerprint density at radius 2 is 1.78 bits per heavy atom. The standard InChI is InChI=1S/C18H23FN2O2/c19-16-7-1-4-14(12-16)13-17(22)20-8-3-9-21(11-10-20)18(23)15-5-2-6-15/h1,4,7,12,15H,2-3,5-6,8-11,13H2. The molecule has 124 valence electrons. The largest absolute Gasteiger partial charge is 0.341 e. The second-order valence-electron chi connectivity index (χ2n) is 6.49. The summed E-state index contributed by atoms with van der Waals surface area (Å²) in [6.07, 6.45) is 4.21. The molecule has 2 aliphatic rings. The normalized spacial score (nSPS) is 19.2. The minimum absolute atomic E-state index is 0.00791. The zero-order valence-electron chi connectivity index (χ0n) is 13.3. The van der Waals surface area contributed by atoms with Crippen LogP contribution in [-0.4, -0.2) is 47.8 Å². The molecule has 0 atom stereocenters. The minimum Gasteiger partial charge on any atom is -0.341 e. The van der Waals surface area contributed by atoms with Gasteiger partial charge in [-0.15, -0.1) is 0 Å². The van der Waals surface area contributed by atoms with E-state index in [0.717, 1.165) is 32.2 Å². The third-order valence-electron chi connectivity index (χ3n) is 4.86. The Labute approximate surface area is 136 Å². The van der Waals surface area contributed by atoms with Gasteiger partial charge < -0.3 is 9.80 Å². The number of amides is 2. The summed E-state index contributed by atoms with van der Waals surface area (Å²) in [4.78, 5) is 28.4. The topological polar surface area (TPSA) is 40.6 Å². The molecule has 1 saturated carbocycles. The van der Waals surface area contributed by atoms with Crippen molar-refractivity contribution in [3.05, 3.63) is 35.6 Å². The molecule has 2 fully saturated rings. The lowest BCUT2D eigenvalue weighted by atomic mass is 9.84. The number of benzene rings is 1. The van der Waals surface area contributed by atoms with Crippen LogP contribution in [0.3, 0.4) is 0 Å². The van der Waals surface area contributed by atoms with Crippen LogP contribution in [0.25, 0.3) is 0 Å². The van der Waals surface area contributed by atoms with E-state index < -0.39 is 0 Å². The SMILES string of the molecule is O=C(Cc1cccc(F)c1)N1CCCN(C(=O)C2CCC2)CC1. The number of carbonyl (C=O) groups is 2. The van der Waals surface area contributed by atoms with Crippen molar-refractivity contribution in [1.82, 2.24) is 9.80 Å². The lowest BCUT2D eigenvalue weighted by Crippen LogP contribution is -2.41. The van der Waals surface area contributed by atoms with Crippen LogP contribution >= 0.6 is 0 Å². The molecule has 3 rings (SSSR count). The molecule has 1 heterocycles. The summed E-state index contributed by atoms with van der Waals surface area (Å²) in [6.45, 7) is 2.60. The number of hydrogen-bond donors (Lipinski definition) is 0.